The van der Waals surface area contributed by atoms with Crippen LogP contribution in [0.5, 0.6) is 5.75 Å². The molecule has 1 spiro atoms. The molecule has 2 aliphatic heterocycles. The molecule has 1 N–H and O–H groups in total. The van der Waals surface area contributed by atoms with Crippen molar-refractivity contribution in [1.29, 1.82) is 0 Å². The van der Waals surface area contributed by atoms with Crippen molar-refractivity contribution in [2.75, 3.05) is 31.1 Å². The molecule has 0 atom stereocenters. The Bertz CT molecular complexity index is 1170. The summed E-state index contributed by atoms with van der Waals surface area (Å²) in [6.07, 6.45) is 11.8. The van der Waals surface area contributed by atoms with Crippen LogP contribution in [0.1, 0.15) is 54.4 Å². The molecule has 0 saturated carbocycles. The van der Waals surface area contributed by atoms with Crippen LogP contribution in [0.15, 0.2) is 72.9 Å². The fraction of sp³-hybridized carbons (Fsp3) is 0.387. The maximum atomic E-state index is 6.08. The van der Waals surface area contributed by atoms with Gasteiger partial charge in [0.2, 0.25) is 0 Å². The fourth-order valence-corrected chi connectivity index (χ4v) is 6.03. The Morgan fingerprint density at radius 3 is 2.51 bits per heavy atom. The second kappa shape index (κ2) is 9.87. The summed E-state index contributed by atoms with van der Waals surface area (Å²) in [7, 11) is 0. The van der Waals surface area contributed by atoms with Gasteiger partial charge < -0.3 is 15.0 Å². The average molecular weight is 466 g/mol. The normalized spacial score (nSPS) is 19.2. The number of nitrogens with zero attached hydrogens (tertiary/aromatic N) is 2. The van der Waals surface area contributed by atoms with Gasteiger partial charge in [-0.25, -0.2) is 4.98 Å². The summed E-state index contributed by atoms with van der Waals surface area (Å²) >= 11 is 0. The number of hydrogen-bond donors (Lipinski definition) is 1. The van der Waals surface area contributed by atoms with Crippen LogP contribution < -0.4 is 15.0 Å². The first kappa shape index (κ1) is 22.4. The van der Waals surface area contributed by atoms with E-state index in [1.807, 2.05) is 6.07 Å². The number of aromatic nitrogens is 1. The summed E-state index contributed by atoms with van der Waals surface area (Å²) in [5.74, 6) is 2.07. The molecule has 6 rings (SSSR count). The van der Waals surface area contributed by atoms with Crippen molar-refractivity contribution in [2.45, 2.75) is 45.1 Å². The van der Waals surface area contributed by atoms with Gasteiger partial charge in [0.15, 0.2) is 0 Å². The van der Waals surface area contributed by atoms with Gasteiger partial charge in [-0.05, 0) is 104 Å². The van der Waals surface area contributed by atoms with Gasteiger partial charge in [0, 0.05) is 24.8 Å². The van der Waals surface area contributed by atoms with Gasteiger partial charge in [-0.15, -0.1) is 0 Å². The van der Waals surface area contributed by atoms with Gasteiger partial charge in [-0.1, -0.05) is 42.5 Å². The first-order valence-electron chi connectivity index (χ1n) is 13.2. The molecule has 0 bridgehead atoms. The summed E-state index contributed by atoms with van der Waals surface area (Å²) in [6.45, 7) is 5.23. The number of piperidine rings is 2. The molecule has 2 fully saturated rings. The van der Waals surface area contributed by atoms with Gasteiger partial charge in [0.05, 0.1) is 0 Å². The highest BCUT2D eigenvalue weighted by molar-refractivity contribution is 5.82. The number of rotatable bonds is 5. The first-order valence-corrected chi connectivity index (χ1v) is 13.2. The Morgan fingerprint density at radius 1 is 0.914 bits per heavy atom. The SMILES string of the molecule is C1=C(c2ccc(N3CCC4(CCNCC4)CC3)nc2)c2ccc(OCc3ccccc3)cc2CC1. The van der Waals surface area contributed by atoms with Crippen molar-refractivity contribution in [3.05, 3.63) is 95.2 Å². The zero-order chi connectivity index (χ0) is 23.5. The molecule has 2 saturated heterocycles. The second-order valence-corrected chi connectivity index (χ2v) is 10.4. The molecule has 3 aromatic rings. The predicted octanol–water partition coefficient (Wildman–Crippen LogP) is 6.01. The van der Waals surface area contributed by atoms with Gasteiger partial charge in [-0.2, -0.15) is 0 Å². The van der Waals surface area contributed by atoms with Crippen molar-refractivity contribution in [1.82, 2.24) is 10.3 Å². The quantitative estimate of drug-likeness (QED) is 0.501. The second-order valence-electron chi connectivity index (χ2n) is 10.4. The molecule has 35 heavy (non-hydrogen) atoms. The molecule has 4 heteroatoms. The van der Waals surface area contributed by atoms with Crippen molar-refractivity contribution in [3.8, 4) is 5.75 Å². The minimum Gasteiger partial charge on any atom is -0.489 e. The Morgan fingerprint density at radius 2 is 1.74 bits per heavy atom. The lowest BCUT2D eigenvalue weighted by molar-refractivity contribution is 0.154. The number of benzene rings is 2. The Labute approximate surface area is 209 Å². The predicted molar refractivity (Wildman–Crippen MR) is 143 cm³/mol. The van der Waals surface area contributed by atoms with E-state index >= 15 is 0 Å². The fourth-order valence-electron chi connectivity index (χ4n) is 6.03. The molecule has 0 radical (unpaired) electrons. The standard InChI is InChI=1S/C31H35N3O/c1-2-5-24(6-3-1)23-35-27-10-11-29-25(21-27)7-4-8-28(29)26-9-12-30(33-22-26)34-19-15-31(16-20-34)13-17-32-18-14-31/h1-3,5-6,8-12,21-22,32H,4,7,13-20,23H2. The lowest BCUT2D eigenvalue weighted by Crippen LogP contribution is -2.45. The van der Waals surface area contributed by atoms with Gasteiger partial charge in [0.25, 0.3) is 0 Å². The summed E-state index contributed by atoms with van der Waals surface area (Å²) in [5, 5.41) is 3.52. The third kappa shape index (κ3) is 4.85. The van der Waals surface area contributed by atoms with E-state index in [1.165, 1.54) is 66.6 Å². The number of hydrogen-bond acceptors (Lipinski definition) is 4. The van der Waals surface area contributed by atoms with Crippen LogP contribution in [0, 0.1) is 5.41 Å². The highest BCUT2D eigenvalue weighted by atomic mass is 16.5. The van der Waals surface area contributed by atoms with Crippen LogP contribution in [0.3, 0.4) is 0 Å². The molecule has 2 aromatic carbocycles. The molecular formula is C31H35N3O. The Kier molecular flexibility index (Phi) is 6.30. The maximum Gasteiger partial charge on any atom is 0.128 e. The number of aryl methyl sites for hydroxylation is 1. The first-order chi connectivity index (χ1) is 17.3. The van der Waals surface area contributed by atoms with Crippen molar-refractivity contribution in [2.24, 2.45) is 5.41 Å². The van der Waals surface area contributed by atoms with E-state index in [0.29, 0.717) is 12.0 Å². The van der Waals surface area contributed by atoms with Crippen LogP contribution in [0.25, 0.3) is 5.57 Å². The van der Waals surface area contributed by atoms with E-state index in [0.717, 1.165) is 37.5 Å². The van der Waals surface area contributed by atoms with E-state index in [-0.39, 0.29) is 0 Å². The number of allylic oxidation sites excluding steroid dienone is 1. The molecule has 3 heterocycles. The molecule has 0 amide bonds. The number of fused-ring (bicyclic) bond motifs is 1. The maximum absolute atomic E-state index is 6.08. The van der Waals surface area contributed by atoms with Crippen LogP contribution in [0.2, 0.25) is 0 Å². The third-order valence-electron chi connectivity index (χ3n) is 8.25. The minimum absolute atomic E-state index is 0.571. The van der Waals surface area contributed by atoms with E-state index in [4.69, 9.17) is 9.72 Å². The van der Waals surface area contributed by atoms with Crippen LogP contribution in [-0.2, 0) is 13.0 Å². The van der Waals surface area contributed by atoms with E-state index in [2.05, 4.69) is 77.1 Å². The highest BCUT2D eigenvalue weighted by Crippen LogP contribution is 2.40. The number of anilines is 1. The van der Waals surface area contributed by atoms with Gasteiger partial charge >= 0.3 is 0 Å². The van der Waals surface area contributed by atoms with Crippen molar-refractivity contribution >= 4 is 11.4 Å². The zero-order valence-corrected chi connectivity index (χ0v) is 20.5. The molecule has 3 aliphatic rings. The van der Waals surface area contributed by atoms with E-state index < -0.39 is 0 Å². The smallest absolute Gasteiger partial charge is 0.128 e. The number of nitrogens with one attached hydrogen (secondary N) is 1. The third-order valence-corrected chi connectivity index (χ3v) is 8.25. The summed E-state index contributed by atoms with van der Waals surface area (Å²) in [6, 6.07) is 21.4. The molecular weight excluding hydrogens is 430 g/mol. The van der Waals surface area contributed by atoms with Crippen LogP contribution in [-0.4, -0.2) is 31.2 Å². The average Bonchev–Trinajstić information content (AvgIpc) is 2.93. The van der Waals surface area contributed by atoms with Crippen LogP contribution in [0.4, 0.5) is 5.82 Å². The Balaban J connectivity index is 1.13. The highest BCUT2D eigenvalue weighted by Gasteiger charge is 2.35. The van der Waals surface area contributed by atoms with Crippen LogP contribution >= 0.6 is 0 Å². The lowest BCUT2D eigenvalue weighted by atomic mass is 9.71. The van der Waals surface area contributed by atoms with E-state index in [1.54, 1.807) is 0 Å². The van der Waals surface area contributed by atoms with Gasteiger partial charge in [0.1, 0.15) is 18.2 Å². The molecule has 1 aliphatic carbocycles. The summed E-state index contributed by atoms with van der Waals surface area (Å²) < 4.78 is 6.08. The van der Waals surface area contributed by atoms with Gasteiger partial charge in [-0.3, -0.25) is 0 Å². The van der Waals surface area contributed by atoms with E-state index in [9.17, 15) is 0 Å². The lowest BCUT2D eigenvalue weighted by Gasteiger charge is -2.44. The molecule has 0 unspecified atom stereocenters. The summed E-state index contributed by atoms with van der Waals surface area (Å²) in [4.78, 5) is 7.40. The van der Waals surface area contributed by atoms with Crippen molar-refractivity contribution < 1.29 is 4.74 Å². The monoisotopic (exact) mass is 465 g/mol. The molecule has 1 aromatic heterocycles. The molecule has 4 nitrogen and oxygen atoms in total. The topological polar surface area (TPSA) is 37.4 Å². The zero-order valence-electron chi connectivity index (χ0n) is 20.5. The molecule has 180 valence electrons. The number of ether oxygens (including phenoxy) is 1. The largest absolute Gasteiger partial charge is 0.489 e. The number of pyridine rings is 1. The summed E-state index contributed by atoms with van der Waals surface area (Å²) in [5.41, 5.74) is 6.94. The van der Waals surface area contributed by atoms with Crippen molar-refractivity contribution in [3.63, 3.8) is 0 Å². The minimum atomic E-state index is 0.571. The Hall–Kier alpha value is -3.11.